The van der Waals surface area contributed by atoms with Crippen molar-refractivity contribution >= 4 is 44.0 Å². The quantitative estimate of drug-likeness (QED) is 0.549. The molecule has 2 N–H and O–H groups in total. The number of anilines is 2. The number of aromatic nitrogens is 1. The summed E-state index contributed by atoms with van der Waals surface area (Å²) < 4.78 is 27.2. The fourth-order valence-electron chi connectivity index (χ4n) is 3.60. The van der Waals surface area contributed by atoms with Crippen LogP contribution in [0.15, 0.2) is 71.1 Å². The van der Waals surface area contributed by atoms with Crippen molar-refractivity contribution in [3.63, 3.8) is 0 Å². The van der Waals surface area contributed by atoms with Gasteiger partial charge in [-0.3, -0.25) is 14.3 Å². The Morgan fingerprint density at radius 1 is 1.16 bits per heavy atom. The van der Waals surface area contributed by atoms with Crippen LogP contribution in [0.5, 0.6) is 0 Å². The molecule has 1 aliphatic rings. The molecule has 32 heavy (non-hydrogen) atoms. The first-order valence-corrected chi connectivity index (χ1v) is 12.4. The molecule has 0 unspecified atom stereocenters. The molecule has 0 spiro atoms. The summed E-state index contributed by atoms with van der Waals surface area (Å²) in [5, 5.41) is 4.74. The predicted octanol–water partition coefficient (Wildman–Crippen LogP) is 3.49. The van der Waals surface area contributed by atoms with Crippen LogP contribution in [0.1, 0.15) is 24.9 Å². The molecule has 3 aromatic rings. The predicted molar refractivity (Wildman–Crippen MR) is 123 cm³/mol. The molecule has 166 valence electrons. The number of amides is 2. The van der Waals surface area contributed by atoms with Crippen molar-refractivity contribution in [3.05, 3.63) is 71.7 Å². The van der Waals surface area contributed by atoms with Crippen LogP contribution in [-0.4, -0.2) is 36.7 Å². The number of hydrogen-bond donors (Lipinski definition) is 2. The molecule has 2 amide bonds. The van der Waals surface area contributed by atoms with E-state index in [0.717, 1.165) is 5.56 Å². The minimum atomic E-state index is -3.76. The van der Waals surface area contributed by atoms with Crippen LogP contribution >= 0.6 is 11.3 Å². The second-order valence-corrected chi connectivity index (χ2v) is 10.1. The zero-order valence-corrected chi connectivity index (χ0v) is 18.9. The Morgan fingerprint density at radius 2 is 1.88 bits per heavy atom. The molecule has 2 heterocycles. The monoisotopic (exact) mass is 470 g/mol. The summed E-state index contributed by atoms with van der Waals surface area (Å²) in [6.45, 7) is 2.29. The van der Waals surface area contributed by atoms with Gasteiger partial charge in [-0.2, -0.15) is 0 Å². The van der Waals surface area contributed by atoms with E-state index in [1.807, 2.05) is 37.3 Å². The minimum absolute atomic E-state index is 0.0591. The first-order valence-electron chi connectivity index (χ1n) is 10.0. The Bertz CT molecular complexity index is 1200. The van der Waals surface area contributed by atoms with E-state index in [2.05, 4.69) is 15.0 Å². The smallest absolute Gasteiger partial charge is 0.263 e. The highest BCUT2D eigenvalue weighted by Crippen LogP contribution is 2.29. The van der Waals surface area contributed by atoms with Crippen molar-refractivity contribution in [1.82, 2.24) is 9.88 Å². The van der Waals surface area contributed by atoms with Crippen LogP contribution in [0.3, 0.4) is 0 Å². The van der Waals surface area contributed by atoms with E-state index in [0.29, 0.717) is 12.2 Å². The summed E-state index contributed by atoms with van der Waals surface area (Å²) in [5.41, 5.74) is 1.48. The zero-order valence-electron chi connectivity index (χ0n) is 17.3. The van der Waals surface area contributed by atoms with Gasteiger partial charge in [0.05, 0.1) is 16.9 Å². The lowest BCUT2D eigenvalue weighted by Gasteiger charge is -2.25. The van der Waals surface area contributed by atoms with Crippen LogP contribution < -0.4 is 10.0 Å². The Kier molecular flexibility index (Phi) is 6.24. The second-order valence-electron chi connectivity index (χ2n) is 7.49. The van der Waals surface area contributed by atoms with Crippen molar-refractivity contribution in [3.8, 4) is 0 Å². The summed E-state index contributed by atoms with van der Waals surface area (Å²) in [4.78, 5) is 30.9. The highest BCUT2D eigenvalue weighted by atomic mass is 32.2. The normalized spacial score (nSPS) is 17.2. The third-order valence-corrected chi connectivity index (χ3v) is 7.54. The number of likely N-dealkylation sites (tertiary alicyclic amines) is 1. The Morgan fingerprint density at radius 3 is 2.53 bits per heavy atom. The van der Waals surface area contributed by atoms with Crippen molar-refractivity contribution < 1.29 is 18.0 Å². The van der Waals surface area contributed by atoms with Gasteiger partial charge in [-0.25, -0.2) is 13.4 Å². The number of rotatable bonds is 7. The first kappa shape index (κ1) is 22.0. The van der Waals surface area contributed by atoms with Gasteiger partial charge in [-0.05, 0) is 36.8 Å². The molecule has 10 heteroatoms. The Balaban J connectivity index is 1.38. The molecule has 1 aliphatic heterocycles. The maximum atomic E-state index is 12.7. The van der Waals surface area contributed by atoms with Crippen molar-refractivity contribution in [2.75, 3.05) is 16.6 Å². The lowest BCUT2D eigenvalue weighted by molar-refractivity contribution is -0.129. The van der Waals surface area contributed by atoms with Gasteiger partial charge in [-0.1, -0.05) is 30.3 Å². The highest BCUT2D eigenvalue weighted by molar-refractivity contribution is 7.93. The van der Waals surface area contributed by atoms with Gasteiger partial charge in [0, 0.05) is 30.2 Å². The Labute approximate surface area is 190 Å². The summed E-state index contributed by atoms with van der Waals surface area (Å²) in [7, 11) is -3.76. The van der Waals surface area contributed by atoms with Crippen LogP contribution in [0.25, 0.3) is 0 Å². The van der Waals surface area contributed by atoms with Crippen molar-refractivity contribution in [2.24, 2.45) is 5.92 Å². The van der Waals surface area contributed by atoms with Crippen LogP contribution in [0.2, 0.25) is 0 Å². The zero-order chi connectivity index (χ0) is 22.7. The second kappa shape index (κ2) is 9.09. The lowest BCUT2D eigenvalue weighted by atomic mass is 10.1. The third-order valence-electron chi connectivity index (χ3n) is 5.36. The fraction of sp³-hybridized carbons (Fsp3) is 0.227. The summed E-state index contributed by atoms with van der Waals surface area (Å²) >= 11 is 1.18. The molecule has 0 aliphatic carbocycles. The van der Waals surface area contributed by atoms with E-state index < -0.39 is 15.9 Å². The van der Waals surface area contributed by atoms with E-state index in [4.69, 9.17) is 0 Å². The molecule has 4 rings (SSSR count). The molecule has 1 saturated heterocycles. The summed E-state index contributed by atoms with van der Waals surface area (Å²) in [5.74, 6) is -0.794. The summed E-state index contributed by atoms with van der Waals surface area (Å²) in [6.07, 6.45) is 1.66. The topological polar surface area (TPSA) is 108 Å². The number of nitrogens with one attached hydrogen (secondary N) is 2. The van der Waals surface area contributed by atoms with Gasteiger partial charge in [0.15, 0.2) is 5.13 Å². The van der Waals surface area contributed by atoms with Gasteiger partial charge in [0.25, 0.3) is 10.0 Å². The van der Waals surface area contributed by atoms with E-state index in [-0.39, 0.29) is 34.3 Å². The largest absolute Gasteiger partial charge is 0.335 e. The molecule has 0 saturated carbocycles. The van der Waals surface area contributed by atoms with E-state index in [9.17, 15) is 18.0 Å². The molecule has 0 radical (unpaired) electrons. The third kappa shape index (κ3) is 4.81. The number of sulfonamides is 1. The Hall–Kier alpha value is -3.24. The first-order chi connectivity index (χ1) is 15.3. The van der Waals surface area contributed by atoms with Gasteiger partial charge in [0.1, 0.15) is 0 Å². The molecule has 1 aromatic heterocycles. The van der Waals surface area contributed by atoms with Crippen molar-refractivity contribution in [1.29, 1.82) is 0 Å². The summed E-state index contributed by atoms with van der Waals surface area (Å²) in [6, 6.07) is 15.4. The number of carbonyl (C=O) groups excluding carboxylic acids is 2. The maximum Gasteiger partial charge on any atom is 0.263 e. The molecular weight excluding hydrogens is 448 g/mol. The number of nitrogens with zero attached hydrogens (tertiary/aromatic N) is 2. The molecule has 2 atom stereocenters. The molecule has 0 bridgehead atoms. The van der Waals surface area contributed by atoms with Crippen LogP contribution in [0.4, 0.5) is 10.8 Å². The standard InChI is InChI=1S/C22H22N4O4S2/c1-15(16-5-3-2-4-6-16)26-14-17(13-20(26)27)21(28)24-18-7-9-19(10-8-18)32(29,30)25-22-23-11-12-31-22/h2-12,15,17H,13-14H2,1H3,(H,23,25)(H,24,28)/t15-,17-/m0/s1. The van der Waals surface area contributed by atoms with Gasteiger partial charge in [0.2, 0.25) is 11.8 Å². The average molecular weight is 471 g/mol. The van der Waals surface area contributed by atoms with Gasteiger partial charge >= 0.3 is 0 Å². The number of benzene rings is 2. The van der Waals surface area contributed by atoms with Gasteiger partial charge < -0.3 is 10.2 Å². The molecule has 1 fully saturated rings. The lowest BCUT2D eigenvalue weighted by Crippen LogP contribution is -2.30. The number of thiazole rings is 1. The molecule has 2 aromatic carbocycles. The minimum Gasteiger partial charge on any atom is -0.335 e. The average Bonchev–Trinajstić information content (AvgIpc) is 3.43. The van der Waals surface area contributed by atoms with Crippen molar-refractivity contribution in [2.45, 2.75) is 24.3 Å². The fourth-order valence-corrected chi connectivity index (χ4v) is 5.39. The molecular formula is C22H22N4O4S2. The van der Waals surface area contributed by atoms with E-state index in [1.54, 1.807) is 10.3 Å². The van der Waals surface area contributed by atoms with Crippen LogP contribution in [-0.2, 0) is 19.6 Å². The SMILES string of the molecule is C[C@@H](c1ccccc1)N1C[C@@H](C(=O)Nc2ccc(S(=O)(=O)Nc3nccs3)cc2)CC1=O. The van der Waals surface area contributed by atoms with E-state index >= 15 is 0 Å². The number of hydrogen-bond acceptors (Lipinski definition) is 6. The molecule has 8 nitrogen and oxygen atoms in total. The number of carbonyl (C=O) groups is 2. The van der Waals surface area contributed by atoms with E-state index in [1.165, 1.54) is 41.8 Å². The highest BCUT2D eigenvalue weighted by Gasteiger charge is 2.37. The van der Waals surface area contributed by atoms with Crippen LogP contribution in [0, 0.1) is 5.92 Å². The van der Waals surface area contributed by atoms with Gasteiger partial charge in [-0.15, -0.1) is 11.3 Å². The maximum absolute atomic E-state index is 12.7.